The molecule has 1 aliphatic rings. The number of carbonyl (C=O) groups excluding carboxylic acids is 1. The summed E-state index contributed by atoms with van der Waals surface area (Å²) in [5.74, 6) is 0.886. The first-order valence-electron chi connectivity index (χ1n) is 5.13. The van der Waals surface area contributed by atoms with E-state index in [0.29, 0.717) is 0 Å². The second-order valence-electron chi connectivity index (χ2n) is 3.79. The van der Waals surface area contributed by atoms with Crippen molar-refractivity contribution in [2.24, 2.45) is 0 Å². The quantitative estimate of drug-likeness (QED) is 0.617. The van der Waals surface area contributed by atoms with E-state index < -0.39 is 0 Å². The van der Waals surface area contributed by atoms with Crippen LogP contribution in [0.3, 0.4) is 0 Å². The van der Waals surface area contributed by atoms with Crippen LogP contribution in [0, 0.1) is 0 Å². The summed E-state index contributed by atoms with van der Waals surface area (Å²) in [6.45, 7) is 0. The number of hydrogen-bond donors (Lipinski definition) is 0. The van der Waals surface area contributed by atoms with Crippen molar-refractivity contribution in [2.45, 2.75) is 0 Å². The van der Waals surface area contributed by atoms with Gasteiger partial charge in [0.15, 0.2) is 5.78 Å². The van der Waals surface area contributed by atoms with Gasteiger partial charge < -0.3 is 4.74 Å². The fourth-order valence-electron chi connectivity index (χ4n) is 2.13. The van der Waals surface area contributed by atoms with Crippen LogP contribution in [0.2, 0.25) is 0 Å². The molecular formula is C14H10O2. The van der Waals surface area contributed by atoms with Gasteiger partial charge in [0, 0.05) is 11.1 Å². The van der Waals surface area contributed by atoms with Crippen molar-refractivity contribution in [2.75, 3.05) is 7.11 Å². The van der Waals surface area contributed by atoms with Crippen LogP contribution >= 0.6 is 0 Å². The van der Waals surface area contributed by atoms with Crippen molar-refractivity contribution in [3.8, 4) is 16.9 Å². The zero-order valence-electron chi connectivity index (χ0n) is 8.86. The Bertz CT molecular complexity index is 585. The minimum absolute atomic E-state index is 0.105. The van der Waals surface area contributed by atoms with Gasteiger partial charge in [-0.2, -0.15) is 0 Å². The highest BCUT2D eigenvalue weighted by molar-refractivity contribution is 6.21. The number of benzene rings is 2. The van der Waals surface area contributed by atoms with E-state index >= 15 is 0 Å². The van der Waals surface area contributed by atoms with Gasteiger partial charge in [-0.15, -0.1) is 0 Å². The van der Waals surface area contributed by atoms with Gasteiger partial charge in [-0.3, -0.25) is 4.79 Å². The highest BCUT2D eigenvalue weighted by Crippen LogP contribution is 2.38. The lowest BCUT2D eigenvalue weighted by molar-refractivity contribution is 0.104. The van der Waals surface area contributed by atoms with Gasteiger partial charge in [0.2, 0.25) is 0 Å². The van der Waals surface area contributed by atoms with Crippen LogP contribution < -0.4 is 4.74 Å². The average molecular weight is 210 g/mol. The molecule has 0 saturated carbocycles. The van der Waals surface area contributed by atoms with Crippen molar-refractivity contribution >= 4 is 5.78 Å². The standard InChI is InChI=1S/C14H10O2/c1-16-9-6-7-12-13(8-9)10-4-2-3-5-11(10)14(12)15/h2-8H,1H3. The van der Waals surface area contributed by atoms with Crippen LogP contribution in [0.4, 0.5) is 0 Å². The molecule has 78 valence electrons. The first kappa shape index (κ1) is 9.16. The van der Waals surface area contributed by atoms with Crippen LogP contribution in [0.15, 0.2) is 42.5 Å². The maximum absolute atomic E-state index is 12.0. The highest BCUT2D eigenvalue weighted by atomic mass is 16.5. The van der Waals surface area contributed by atoms with Crippen LogP contribution in [0.25, 0.3) is 11.1 Å². The second-order valence-corrected chi connectivity index (χ2v) is 3.79. The van der Waals surface area contributed by atoms with E-state index in [0.717, 1.165) is 28.0 Å². The van der Waals surface area contributed by atoms with E-state index in [-0.39, 0.29) is 5.78 Å². The summed E-state index contributed by atoms with van der Waals surface area (Å²) in [5.41, 5.74) is 3.52. The summed E-state index contributed by atoms with van der Waals surface area (Å²) < 4.78 is 5.18. The number of methoxy groups -OCH3 is 1. The molecular weight excluding hydrogens is 200 g/mol. The van der Waals surface area contributed by atoms with Crippen molar-refractivity contribution < 1.29 is 9.53 Å². The third kappa shape index (κ3) is 1.10. The van der Waals surface area contributed by atoms with Gasteiger partial charge in [-0.05, 0) is 29.3 Å². The van der Waals surface area contributed by atoms with E-state index in [4.69, 9.17) is 4.74 Å². The lowest BCUT2D eigenvalue weighted by Gasteiger charge is -2.03. The molecule has 2 nitrogen and oxygen atoms in total. The molecule has 0 unspecified atom stereocenters. The molecule has 0 radical (unpaired) electrons. The smallest absolute Gasteiger partial charge is 0.194 e. The number of carbonyl (C=O) groups is 1. The number of ketones is 1. The molecule has 2 heteroatoms. The maximum atomic E-state index is 12.0. The van der Waals surface area contributed by atoms with Crippen LogP contribution in [0.1, 0.15) is 15.9 Å². The number of ether oxygens (including phenoxy) is 1. The molecule has 0 fully saturated rings. The SMILES string of the molecule is COc1ccc2c(c1)-c1ccccc1C2=O. The van der Waals surface area contributed by atoms with E-state index in [9.17, 15) is 4.79 Å². The molecule has 0 atom stereocenters. The fraction of sp³-hybridized carbons (Fsp3) is 0.0714. The predicted octanol–water partition coefficient (Wildman–Crippen LogP) is 2.91. The summed E-state index contributed by atoms with van der Waals surface area (Å²) in [4.78, 5) is 12.0. The molecule has 0 N–H and O–H groups in total. The molecule has 16 heavy (non-hydrogen) atoms. The van der Waals surface area contributed by atoms with E-state index in [2.05, 4.69) is 0 Å². The Balaban J connectivity index is 2.31. The van der Waals surface area contributed by atoms with E-state index in [1.807, 2.05) is 42.5 Å². The molecule has 0 amide bonds. The average Bonchev–Trinajstić information content (AvgIpc) is 2.64. The molecule has 0 bridgehead atoms. The monoisotopic (exact) mass is 210 g/mol. The molecule has 1 aliphatic carbocycles. The Morgan fingerprint density at radius 1 is 0.875 bits per heavy atom. The van der Waals surface area contributed by atoms with Crippen LogP contribution in [-0.2, 0) is 0 Å². The molecule has 0 saturated heterocycles. The first-order valence-corrected chi connectivity index (χ1v) is 5.13. The Labute approximate surface area is 93.5 Å². The third-order valence-corrected chi connectivity index (χ3v) is 2.93. The van der Waals surface area contributed by atoms with E-state index in [1.54, 1.807) is 7.11 Å². The molecule has 0 heterocycles. The minimum atomic E-state index is 0.105. The molecule has 0 aromatic heterocycles. The Morgan fingerprint density at radius 3 is 2.31 bits per heavy atom. The van der Waals surface area contributed by atoms with E-state index in [1.165, 1.54) is 0 Å². The van der Waals surface area contributed by atoms with Crippen molar-refractivity contribution in [3.63, 3.8) is 0 Å². The number of fused-ring (bicyclic) bond motifs is 3. The summed E-state index contributed by atoms with van der Waals surface area (Å²) in [7, 11) is 1.63. The lowest BCUT2D eigenvalue weighted by Crippen LogP contribution is -1.94. The third-order valence-electron chi connectivity index (χ3n) is 2.93. The van der Waals surface area contributed by atoms with Crippen molar-refractivity contribution in [1.82, 2.24) is 0 Å². The van der Waals surface area contributed by atoms with Gasteiger partial charge >= 0.3 is 0 Å². The topological polar surface area (TPSA) is 26.3 Å². The van der Waals surface area contributed by atoms with Crippen molar-refractivity contribution in [1.29, 1.82) is 0 Å². The zero-order chi connectivity index (χ0) is 11.1. The van der Waals surface area contributed by atoms with Gasteiger partial charge in [0.05, 0.1) is 7.11 Å². The number of hydrogen-bond acceptors (Lipinski definition) is 2. The lowest BCUT2D eigenvalue weighted by atomic mass is 10.1. The highest BCUT2D eigenvalue weighted by Gasteiger charge is 2.26. The fourth-order valence-corrected chi connectivity index (χ4v) is 2.13. The first-order chi connectivity index (χ1) is 7.81. The van der Waals surface area contributed by atoms with Gasteiger partial charge in [0.1, 0.15) is 5.75 Å². The maximum Gasteiger partial charge on any atom is 0.194 e. The Kier molecular flexibility index (Phi) is 1.83. The Hall–Kier alpha value is -2.09. The Morgan fingerprint density at radius 2 is 1.56 bits per heavy atom. The molecule has 2 aromatic carbocycles. The second kappa shape index (κ2) is 3.20. The zero-order valence-corrected chi connectivity index (χ0v) is 8.86. The summed E-state index contributed by atoms with van der Waals surface area (Å²) in [6.07, 6.45) is 0. The van der Waals surface area contributed by atoms with Gasteiger partial charge in [-0.1, -0.05) is 24.3 Å². The minimum Gasteiger partial charge on any atom is -0.497 e. The van der Waals surface area contributed by atoms with Gasteiger partial charge in [-0.25, -0.2) is 0 Å². The van der Waals surface area contributed by atoms with Gasteiger partial charge in [0.25, 0.3) is 0 Å². The van der Waals surface area contributed by atoms with Crippen LogP contribution in [-0.4, -0.2) is 12.9 Å². The van der Waals surface area contributed by atoms with Crippen molar-refractivity contribution in [3.05, 3.63) is 53.6 Å². The molecule has 0 aliphatic heterocycles. The predicted molar refractivity (Wildman–Crippen MR) is 61.9 cm³/mol. The number of rotatable bonds is 1. The normalized spacial score (nSPS) is 12.2. The van der Waals surface area contributed by atoms with Crippen LogP contribution in [0.5, 0.6) is 5.75 Å². The summed E-state index contributed by atoms with van der Waals surface area (Å²) in [6, 6.07) is 13.2. The largest absolute Gasteiger partial charge is 0.497 e. The summed E-state index contributed by atoms with van der Waals surface area (Å²) >= 11 is 0. The summed E-state index contributed by atoms with van der Waals surface area (Å²) in [5, 5.41) is 0. The molecule has 0 spiro atoms. The molecule has 2 aromatic rings. The molecule has 3 rings (SSSR count).